The summed E-state index contributed by atoms with van der Waals surface area (Å²) in [5.74, 6) is 0. The monoisotopic (exact) mass is 147 g/mol. The Kier molecular flexibility index (Phi) is 3.24. The second-order valence-corrected chi connectivity index (χ2v) is 2.89. The molecule has 0 fully saturated rings. The number of nitroso groups, excluding NO2 is 1. The summed E-state index contributed by atoms with van der Waals surface area (Å²) in [6.07, 6.45) is 0. The summed E-state index contributed by atoms with van der Waals surface area (Å²) >= 11 is 0. The fraction of sp³-hybridized carbons (Fsp3) is 1.00. The third-order valence-corrected chi connectivity index (χ3v) is 1.07. The summed E-state index contributed by atoms with van der Waals surface area (Å²) in [5, 5.41) is 12.4. The largest absolute Gasteiger partial charge is 0.316 e. The molecule has 0 spiro atoms. The van der Waals surface area contributed by atoms with Gasteiger partial charge in [0.05, 0.1) is 17.4 Å². The molecule has 0 bridgehead atoms. The smallest absolute Gasteiger partial charge is 0.0588 e. The zero-order valence-electron chi connectivity index (χ0n) is 6.46. The lowest BCUT2D eigenvalue weighted by atomic mass is 10.1. The maximum atomic E-state index is 9.86. The minimum atomic E-state index is -0.497. The highest BCUT2D eigenvalue weighted by Gasteiger charge is 2.18. The van der Waals surface area contributed by atoms with Crippen LogP contribution < -0.4 is 5.48 Å². The maximum Gasteiger partial charge on any atom is 0.0588 e. The molecule has 2 N–H and O–H groups in total. The minimum Gasteiger partial charge on any atom is -0.316 e. The molecule has 10 heavy (non-hydrogen) atoms. The van der Waals surface area contributed by atoms with E-state index in [1.807, 2.05) is 0 Å². The highest BCUT2D eigenvalue weighted by Crippen LogP contribution is 2.02. The van der Waals surface area contributed by atoms with Crippen LogP contribution in [0.15, 0.2) is 5.29 Å². The van der Waals surface area contributed by atoms with E-state index in [-0.39, 0.29) is 0 Å². The molecule has 0 rings (SSSR count). The summed E-state index contributed by atoms with van der Waals surface area (Å²) in [7, 11) is 1.55. The van der Waals surface area contributed by atoms with Gasteiger partial charge >= 0.3 is 0 Å². The first-order valence-electron chi connectivity index (χ1n) is 2.97. The van der Waals surface area contributed by atoms with Crippen LogP contribution >= 0.6 is 0 Å². The number of rotatable bonds is 4. The lowest BCUT2D eigenvalue weighted by Gasteiger charge is -2.24. The van der Waals surface area contributed by atoms with E-state index in [0.717, 1.165) is 0 Å². The molecule has 0 aromatic rings. The number of hydrogen-bond acceptors (Lipinski definition) is 4. The van der Waals surface area contributed by atoms with Crippen molar-refractivity contribution in [3.63, 3.8) is 0 Å². The van der Waals surface area contributed by atoms with E-state index in [1.54, 1.807) is 20.9 Å². The first-order valence-corrected chi connectivity index (χ1v) is 2.97. The fourth-order valence-electron chi connectivity index (χ4n) is 0.636. The van der Waals surface area contributed by atoms with Crippen molar-refractivity contribution in [3.8, 4) is 0 Å². The highest BCUT2D eigenvalue weighted by atomic mass is 16.5. The minimum absolute atomic E-state index is 0.368. The van der Waals surface area contributed by atoms with E-state index in [1.165, 1.54) is 5.01 Å². The van der Waals surface area contributed by atoms with Gasteiger partial charge in [-0.25, -0.2) is 0 Å². The molecule has 0 amide bonds. The van der Waals surface area contributed by atoms with Crippen molar-refractivity contribution in [1.82, 2.24) is 10.5 Å². The molecule has 5 heteroatoms. The van der Waals surface area contributed by atoms with Crippen molar-refractivity contribution in [1.29, 1.82) is 0 Å². The third-order valence-electron chi connectivity index (χ3n) is 1.07. The van der Waals surface area contributed by atoms with Gasteiger partial charge in [-0.3, -0.25) is 5.01 Å². The molecule has 0 atom stereocenters. The van der Waals surface area contributed by atoms with Crippen LogP contribution in [0.25, 0.3) is 0 Å². The Morgan fingerprint density at radius 1 is 1.70 bits per heavy atom. The SMILES string of the molecule is CN(CC(C)(C)NO)N=O. The Morgan fingerprint density at radius 3 is 2.50 bits per heavy atom. The van der Waals surface area contributed by atoms with Crippen LogP contribution in [-0.4, -0.2) is 29.3 Å². The Morgan fingerprint density at radius 2 is 2.20 bits per heavy atom. The molecule has 0 heterocycles. The van der Waals surface area contributed by atoms with Crippen molar-refractivity contribution in [2.45, 2.75) is 19.4 Å². The molecule has 0 unspecified atom stereocenters. The molecule has 0 radical (unpaired) electrons. The van der Waals surface area contributed by atoms with Crippen molar-refractivity contribution in [2.75, 3.05) is 13.6 Å². The van der Waals surface area contributed by atoms with Gasteiger partial charge in [0.2, 0.25) is 0 Å². The Labute approximate surface area is 59.9 Å². The van der Waals surface area contributed by atoms with Gasteiger partial charge in [0.15, 0.2) is 0 Å². The predicted molar refractivity (Wildman–Crippen MR) is 37.4 cm³/mol. The van der Waals surface area contributed by atoms with Crippen LogP contribution in [0.5, 0.6) is 0 Å². The van der Waals surface area contributed by atoms with Gasteiger partial charge in [-0.2, -0.15) is 5.48 Å². The van der Waals surface area contributed by atoms with E-state index in [0.29, 0.717) is 6.54 Å². The van der Waals surface area contributed by atoms with Crippen molar-refractivity contribution in [2.24, 2.45) is 5.29 Å². The summed E-state index contributed by atoms with van der Waals surface area (Å²) in [5.41, 5.74) is 1.57. The number of hydrogen-bond donors (Lipinski definition) is 2. The molecule has 0 saturated carbocycles. The third kappa shape index (κ3) is 3.37. The maximum absolute atomic E-state index is 9.86. The molecule has 0 saturated heterocycles. The molecule has 5 nitrogen and oxygen atoms in total. The molecule has 0 aromatic heterocycles. The van der Waals surface area contributed by atoms with E-state index >= 15 is 0 Å². The van der Waals surface area contributed by atoms with Gasteiger partial charge in [0.1, 0.15) is 0 Å². The normalized spacial score (nSPS) is 11.2. The first kappa shape index (κ1) is 9.32. The highest BCUT2D eigenvalue weighted by molar-refractivity contribution is 4.75. The molecule has 0 aliphatic rings. The van der Waals surface area contributed by atoms with Crippen LogP contribution in [0.1, 0.15) is 13.8 Å². The summed E-state index contributed by atoms with van der Waals surface area (Å²) in [4.78, 5) is 9.86. The van der Waals surface area contributed by atoms with Crippen LogP contribution in [0.4, 0.5) is 0 Å². The second kappa shape index (κ2) is 3.48. The standard InChI is InChI=1S/C5H13N3O2/c1-5(2,6-9)4-8(3)7-10/h6,9H,4H2,1-3H3. The van der Waals surface area contributed by atoms with Crippen molar-refractivity contribution >= 4 is 0 Å². The zero-order chi connectivity index (χ0) is 8.20. The van der Waals surface area contributed by atoms with E-state index < -0.39 is 5.54 Å². The van der Waals surface area contributed by atoms with Crippen molar-refractivity contribution < 1.29 is 5.21 Å². The molecule has 0 aromatic carbocycles. The number of likely N-dealkylation sites (N-methyl/N-ethyl adjacent to an activating group) is 1. The van der Waals surface area contributed by atoms with E-state index in [9.17, 15) is 4.91 Å². The van der Waals surface area contributed by atoms with Crippen LogP contribution in [0.2, 0.25) is 0 Å². The Hall–Kier alpha value is -0.680. The van der Waals surface area contributed by atoms with E-state index in [2.05, 4.69) is 10.8 Å². The summed E-state index contributed by atoms with van der Waals surface area (Å²) < 4.78 is 0. The average molecular weight is 147 g/mol. The van der Waals surface area contributed by atoms with Crippen LogP contribution in [0, 0.1) is 4.91 Å². The first-order chi connectivity index (χ1) is 4.52. The number of nitrogens with zero attached hydrogens (tertiary/aromatic N) is 2. The number of hydroxylamine groups is 1. The molecular weight excluding hydrogens is 134 g/mol. The van der Waals surface area contributed by atoms with Gasteiger partial charge in [-0.15, -0.1) is 4.91 Å². The number of nitrogens with one attached hydrogen (secondary N) is 1. The van der Waals surface area contributed by atoms with Gasteiger partial charge in [0.25, 0.3) is 0 Å². The molecule has 0 aliphatic heterocycles. The van der Waals surface area contributed by atoms with Gasteiger partial charge in [-0.1, -0.05) is 0 Å². The predicted octanol–water partition coefficient (Wildman–Crippen LogP) is 0.357. The quantitative estimate of drug-likeness (QED) is 0.445. The molecule has 60 valence electrons. The lowest BCUT2D eigenvalue weighted by Crippen LogP contribution is -2.45. The van der Waals surface area contributed by atoms with Gasteiger partial charge in [-0.05, 0) is 13.8 Å². The Bertz CT molecular complexity index is 115. The summed E-state index contributed by atoms with van der Waals surface area (Å²) in [6.45, 7) is 3.89. The lowest BCUT2D eigenvalue weighted by molar-refractivity contribution is 0.0609. The Balaban J connectivity index is 3.75. The fourth-order valence-corrected chi connectivity index (χ4v) is 0.636. The average Bonchev–Trinajstić information content (AvgIpc) is 1.87. The van der Waals surface area contributed by atoms with Crippen LogP contribution in [-0.2, 0) is 0 Å². The molecule has 0 aliphatic carbocycles. The van der Waals surface area contributed by atoms with Crippen molar-refractivity contribution in [3.05, 3.63) is 4.91 Å². The second-order valence-electron chi connectivity index (χ2n) is 2.89. The molecular formula is C5H13N3O2. The van der Waals surface area contributed by atoms with Crippen LogP contribution in [0.3, 0.4) is 0 Å². The topological polar surface area (TPSA) is 64.9 Å². The zero-order valence-corrected chi connectivity index (χ0v) is 6.46. The van der Waals surface area contributed by atoms with E-state index in [4.69, 9.17) is 5.21 Å². The van der Waals surface area contributed by atoms with Gasteiger partial charge in [0, 0.05) is 7.05 Å². The summed E-state index contributed by atoms with van der Waals surface area (Å²) in [6, 6.07) is 0. The van der Waals surface area contributed by atoms with Gasteiger partial charge < -0.3 is 5.21 Å².